The number of rotatable bonds is 3. The Morgan fingerprint density at radius 2 is 1.69 bits per heavy atom. The van der Waals surface area contributed by atoms with Crippen molar-refractivity contribution in [3.05, 3.63) is 35.4 Å². The Bertz CT molecular complexity index is 356. The Morgan fingerprint density at radius 1 is 1.12 bits per heavy atom. The van der Waals surface area contributed by atoms with Crippen LogP contribution in [0.5, 0.6) is 0 Å². The van der Waals surface area contributed by atoms with Gasteiger partial charge in [0.25, 0.3) is 0 Å². The second-order valence-corrected chi connectivity index (χ2v) is 5.12. The fourth-order valence-corrected chi connectivity index (χ4v) is 2.46. The summed E-state index contributed by atoms with van der Waals surface area (Å²) in [6.45, 7) is 4.35. The first-order chi connectivity index (χ1) is 7.68. The summed E-state index contributed by atoms with van der Waals surface area (Å²) in [6, 6.07) is 8.17. The summed E-state index contributed by atoms with van der Waals surface area (Å²) in [5.74, 6) is 1.19. The molecule has 1 aromatic rings. The molecule has 1 heteroatoms. The zero-order valence-corrected chi connectivity index (χ0v) is 10.2. The lowest BCUT2D eigenvalue weighted by Crippen LogP contribution is -2.10. The largest absolute Gasteiger partial charge is 0.294 e. The minimum absolute atomic E-state index is 0.296. The van der Waals surface area contributed by atoms with Crippen LogP contribution in [0, 0.1) is 5.92 Å². The Kier molecular flexibility index (Phi) is 3.42. The highest BCUT2D eigenvalue weighted by Gasteiger charge is 2.23. The van der Waals surface area contributed by atoms with Crippen LogP contribution in [0.4, 0.5) is 0 Å². The van der Waals surface area contributed by atoms with Crippen LogP contribution in [-0.2, 0) is 0 Å². The first-order valence-electron chi connectivity index (χ1n) is 6.32. The van der Waals surface area contributed by atoms with Crippen LogP contribution < -0.4 is 0 Å². The van der Waals surface area contributed by atoms with Gasteiger partial charge in [0.1, 0.15) is 0 Å². The molecule has 0 N–H and O–H groups in total. The van der Waals surface area contributed by atoms with Crippen LogP contribution in [0.15, 0.2) is 24.3 Å². The second-order valence-electron chi connectivity index (χ2n) is 5.12. The molecule has 1 saturated carbocycles. The quantitative estimate of drug-likeness (QED) is 0.693. The van der Waals surface area contributed by atoms with Crippen LogP contribution in [0.25, 0.3) is 0 Å². The smallest absolute Gasteiger partial charge is 0.165 e. The zero-order chi connectivity index (χ0) is 11.5. The van der Waals surface area contributed by atoms with Gasteiger partial charge in [0.15, 0.2) is 5.78 Å². The summed E-state index contributed by atoms with van der Waals surface area (Å²) in [6.07, 6.45) is 4.62. The number of carbonyl (C=O) groups is 1. The molecule has 0 unspecified atom stereocenters. The Balaban J connectivity index is 2.11. The van der Waals surface area contributed by atoms with Gasteiger partial charge in [0, 0.05) is 11.5 Å². The first kappa shape index (κ1) is 11.4. The average Bonchev–Trinajstić information content (AvgIpc) is 2.81. The van der Waals surface area contributed by atoms with E-state index < -0.39 is 0 Å². The Morgan fingerprint density at radius 3 is 2.19 bits per heavy atom. The monoisotopic (exact) mass is 216 g/mol. The molecule has 1 fully saturated rings. The van der Waals surface area contributed by atoms with Crippen molar-refractivity contribution in [3.8, 4) is 0 Å². The molecular formula is C15H20O. The lowest BCUT2D eigenvalue weighted by Gasteiger charge is -2.09. The maximum absolute atomic E-state index is 12.1. The van der Waals surface area contributed by atoms with Crippen LogP contribution >= 0.6 is 0 Å². The van der Waals surface area contributed by atoms with Crippen LogP contribution in [0.1, 0.15) is 61.4 Å². The predicted molar refractivity (Wildman–Crippen MR) is 66.8 cm³/mol. The third-order valence-electron chi connectivity index (χ3n) is 3.59. The van der Waals surface area contributed by atoms with Gasteiger partial charge in [0.05, 0.1) is 0 Å². The van der Waals surface area contributed by atoms with Crippen molar-refractivity contribution in [2.24, 2.45) is 5.92 Å². The van der Waals surface area contributed by atoms with Crippen molar-refractivity contribution in [2.75, 3.05) is 0 Å². The van der Waals surface area contributed by atoms with E-state index in [9.17, 15) is 4.79 Å². The lowest BCUT2D eigenvalue weighted by molar-refractivity contribution is 0.0923. The summed E-state index contributed by atoms with van der Waals surface area (Å²) < 4.78 is 0. The molecule has 16 heavy (non-hydrogen) atoms. The van der Waals surface area contributed by atoms with E-state index in [1.807, 2.05) is 12.1 Å². The highest BCUT2D eigenvalue weighted by molar-refractivity contribution is 5.98. The SMILES string of the molecule is CC(C)c1ccc(C(=O)C2CCCC2)cc1. The zero-order valence-electron chi connectivity index (χ0n) is 10.2. The van der Waals surface area contributed by atoms with Crippen molar-refractivity contribution in [3.63, 3.8) is 0 Å². The molecule has 0 heterocycles. The third kappa shape index (κ3) is 2.34. The van der Waals surface area contributed by atoms with Crippen molar-refractivity contribution in [1.29, 1.82) is 0 Å². The molecule has 0 spiro atoms. The number of hydrogen-bond acceptors (Lipinski definition) is 1. The minimum Gasteiger partial charge on any atom is -0.294 e. The van der Waals surface area contributed by atoms with Crippen molar-refractivity contribution < 1.29 is 4.79 Å². The fraction of sp³-hybridized carbons (Fsp3) is 0.533. The molecule has 0 bridgehead atoms. The summed E-state index contributed by atoms with van der Waals surface area (Å²) in [7, 11) is 0. The number of Topliss-reactive ketones (excluding diaryl/α,β-unsaturated/α-hetero) is 1. The molecular weight excluding hydrogens is 196 g/mol. The van der Waals surface area contributed by atoms with Crippen LogP contribution in [0.3, 0.4) is 0 Å². The molecule has 1 aliphatic rings. The van der Waals surface area contributed by atoms with E-state index >= 15 is 0 Å². The van der Waals surface area contributed by atoms with Crippen LogP contribution in [0.2, 0.25) is 0 Å². The highest BCUT2D eigenvalue weighted by atomic mass is 16.1. The summed E-state index contributed by atoms with van der Waals surface area (Å²) in [5.41, 5.74) is 2.21. The van der Waals surface area contributed by atoms with Crippen LogP contribution in [-0.4, -0.2) is 5.78 Å². The van der Waals surface area contributed by atoms with Gasteiger partial charge in [-0.2, -0.15) is 0 Å². The number of hydrogen-bond donors (Lipinski definition) is 0. The molecule has 86 valence electrons. The van der Waals surface area contributed by atoms with Gasteiger partial charge in [-0.1, -0.05) is 51.0 Å². The second kappa shape index (κ2) is 4.82. The number of carbonyl (C=O) groups excluding carboxylic acids is 1. The molecule has 0 aliphatic heterocycles. The van der Waals surface area contributed by atoms with Gasteiger partial charge in [-0.25, -0.2) is 0 Å². The standard InChI is InChI=1S/C15H20O/c1-11(2)12-7-9-14(10-8-12)15(16)13-5-3-4-6-13/h7-11,13H,3-6H2,1-2H3. The van der Waals surface area contributed by atoms with E-state index in [-0.39, 0.29) is 0 Å². The van der Waals surface area contributed by atoms with E-state index in [0.29, 0.717) is 17.6 Å². The van der Waals surface area contributed by atoms with E-state index in [0.717, 1.165) is 18.4 Å². The number of ketones is 1. The first-order valence-corrected chi connectivity index (χ1v) is 6.32. The maximum Gasteiger partial charge on any atom is 0.165 e. The highest BCUT2D eigenvalue weighted by Crippen LogP contribution is 2.28. The van der Waals surface area contributed by atoms with Crippen molar-refractivity contribution >= 4 is 5.78 Å². The maximum atomic E-state index is 12.1. The van der Waals surface area contributed by atoms with E-state index in [1.54, 1.807) is 0 Å². The third-order valence-corrected chi connectivity index (χ3v) is 3.59. The van der Waals surface area contributed by atoms with Gasteiger partial charge < -0.3 is 0 Å². The van der Waals surface area contributed by atoms with Gasteiger partial charge in [-0.15, -0.1) is 0 Å². The molecule has 0 saturated heterocycles. The summed E-state index contributed by atoms with van der Waals surface area (Å²) in [5, 5.41) is 0. The van der Waals surface area contributed by atoms with Gasteiger partial charge >= 0.3 is 0 Å². The van der Waals surface area contributed by atoms with E-state index in [2.05, 4.69) is 26.0 Å². The molecule has 2 rings (SSSR count). The topological polar surface area (TPSA) is 17.1 Å². The fourth-order valence-electron chi connectivity index (χ4n) is 2.46. The molecule has 0 aromatic heterocycles. The van der Waals surface area contributed by atoms with Crippen molar-refractivity contribution in [2.45, 2.75) is 45.4 Å². The van der Waals surface area contributed by atoms with Crippen molar-refractivity contribution in [1.82, 2.24) is 0 Å². The average molecular weight is 216 g/mol. The lowest BCUT2D eigenvalue weighted by atomic mass is 9.94. The normalized spacial score (nSPS) is 16.9. The molecule has 0 radical (unpaired) electrons. The van der Waals surface area contributed by atoms with E-state index in [4.69, 9.17) is 0 Å². The predicted octanol–water partition coefficient (Wildman–Crippen LogP) is 4.18. The van der Waals surface area contributed by atoms with E-state index in [1.165, 1.54) is 18.4 Å². The molecule has 0 amide bonds. The Hall–Kier alpha value is -1.11. The summed E-state index contributed by atoms with van der Waals surface area (Å²) in [4.78, 5) is 12.1. The molecule has 0 atom stereocenters. The van der Waals surface area contributed by atoms with Gasteiger partial charge in [-0.05, 0) is 24.3 Å². The van der Waals surface area contributed by atoms with Gasteiger partial charge in [-0.3, -0.25) is 4.79 Å². The molecule has 1 nitrogen and oxygen atoms in total. The Labute approximate surface area is 97.9 Å². The molecule has 1 aromatic carbocycles. The summed E-state index contributed by atoms with van der Waals surface area (Å²) >= 11 is 0. The van der Waals surface area contributed by atoms with Gasteiger partial charge in [0.2, 0.25) is 0 Å². The molecule has 1 aliphatic carbocycles. The minimum atomic E-state index is 0.296. The number of benzene rings is 1.